The summed E-state index contributed by atoms with van der Waals surface area (Å²) in [7, 11) is 0. The highest BCUT2D eigenvalue weighted by atomic mass is 32.1. The van der Waals surface area contributed by atoms with Crippen LogP contribution >= 0.6 is 11.3 Å². The van der Waals surface area contributed by atoms with E-state index in [1.54, 1.807) is 24.3 Å². The second kappa shape index (κ2) is 8.87. The lowest BCUT2D eigenvalue weighted by molar-refractivity contribution is -0.116. The molecule has 9 heteroatoms. The maximum absolute atomic E-state index is 12.3. The Hall–Kier alpha value is -3.20. The number of thiophene rings is 1. The second-order valence-corrected chi connectivity index (χ2v) is 7.79. The van der Waals surface area contributed by atoms with Gasteiger partial charge in [-0.05, 0) is 44.5 Å². The number of carbonyl (C=O) groups excluding carboxylic acids is 2. The number of fused-ring (bicyclic) bond motifs is 1. The summed E-state index contributed by atoms with van der Waals surface area (Å²) < 4.78 is 0. The lowest BCUT2D eigenvalue weighted by Crippen LogP contribution is -2.28. The molecule has 29 heavy (non-hydrogen) atoms. The van der Waals surface area contributed by atoms with E-state index in [9.17, 15) is 14.4 Å². The smallest absolute Gasteiger partial charge is 0.319 e. The van der Waals surface area contributed by atoms with Gasteiger partial charge in [0.05, 0.1) is 5.39 Å². The van der Waals surface area contributed by atoms with Crippen LogP contribution in [-0.4, -0.2) is 28.5 Å². The number of rotatable bonds is 6. The molecule has 3 aromatic rings. The fourth-order valence-electron chi connectivity index (χ4n) is 2.88. The summed E-state index contributed by atoms with van der Waals surface area (Å²) in [4.78, 5) is 45.2. The highest BCUT2D eigenvalue weighted by molar-refractivity contribution is 7.18. The summed E-state index contributed by atoms with van der Waals surface area (Å²) >= 11 is 1.48. The van der Waals surface area contributed by atoms with Gasteiger partial charge in [-0.15, -0.1) is 11.3 Å². The molecule has 0 unspecified atom stereocenters. The molecule has 0 aliphatic carbocycles. The Labute approximate surface area is 171 Å². The molecule has 3 rings (SSSR count). The molecule has 0 aliphatic heterocycles. The van der Waals surface area contributed by atoms with Gasteiger partial charge in [0.1, 0.15) is 10.7 Å². The molecule has 3 amide bonds. The molecule has 2 aromatic heterocycles. The Morgan fingerprint density at radius 3 is 2.62 bits per heavy atom. The molecule has 0 bridgehead atoms. The van der Waals surface area contributed by atoms with Crippen LogP contribution < -0.4 is 21.5 Å². The second-order valence-electron chi connectivity index (χ2n) is 6.59. The van der Waals surface area contributed by atoms with Gasteiger partial charge in [-0.1, -0.05) is 6.07 Å². The maximum Gasteiger partial charge on any atom is 0.319 e. The topological polar surface area (TPSA) is 116 Å². The fraction of sp³-hybridized carbons (Fsp3) is 0.300. The van der Waals surface area contributed by atoms with Crippen LogP contribution in [0.2, 0.25) is 0 Å². The lowest BCUT2D eigenvalue weighted by Gasteiger charge is -2.09. The summed E-state index contributed by atoms with van der Waals surface area (Å²) in [6, 6.07) is 6.59. The van der Waals surface area contributed by atoms with E-state index in [4.69, 9.17) is 0 Å². The third-order valence-electron chi connectivity index (χ3n) is 4.42. The summed E-state index contributed by atoms with van der Waals surface area (Å²) in [6.45, 7) is 6.22. The highest BCUT2D eigenvalue weighted by Gasteiger charge is 2.13. The zero-order chi connectivity index (χ0) is 21.0. The van der Waals surface area contributed by atoms with Crippen LogP contribution in [0.3, 0.4) is 0 Å². The number of H-pyrrole nitrogens is 1. The van der Waals surface area contributed by atoms with E-state index < -0.39 is 0 Å². The Balaban J connectivity index is 1.62. The van der Waals surface area contributed by atoms with Gasteiger partial charge in [0.2, 0.25) is 5.91 Å². The van der Waals surface area contributed by atoms with Crippen LogP contribution in [0.5, 0.6) is 0 Å². The van der Waals surface area contributed by atoms with Gasteiger partial charge in [-0.25, -0.2) is 9.78 Å². The van der Waals surface area contributed by atoms with Crippen molar-refractivity contribution in [3.05, 3.63) is 50.9 Å². The quantitative estimate of drug-likeness (QED) is 0.496. The van der Waals surface area contributed by atoms with Crippen molar-refractivity contribution in [1.82, 2.24) is 15.3 Å². The predicted molar refractivity (Wildman–Crippen MR) is 116 cm³/mol. The molecule has 0 spiro atoms. The molecule has 0 saturated heterocycles. The Morgan fingerprint density at radius 1 is 1.17 bits per heavy atom. The number of hydrogen-bond donors (Lipinski definition) is 4. The lowest BCUT2D eigenvalue weighted by atomic mass is 10.2. The molecule has 1 aromatic carbocycles. The number of urea groups is 1. The van der Waals surface area contributed by atoms with Crippen molar-refractivity contribution in [3.8, 4) is 0 Å². The van der Waals surface area contributed by atoms with E-state index in [1.807, 2.05) is 20.8 Å². The van der Waals surface area contributed by atoms with Crippen molar-refractivity contribution in [1.29, 1.82) is 0 Å². The Morgan fingerprint density at radius 2 is 1.90 bits per heavy atom. The monoisotopic (exact) mass is 413 g/mol. The molecular weight excluding hydrogens is 390 g/mol. The SMILES string of the molecule is CCNC(=O)Nc1cccc(NC(=O)CCc2nc3sc(C)c(C)c3c(=O)[nH]2)c1. The number of carbonyl (C=O) groups is 2. The first-order valence-corrected chi connectivity index (χ1v) is 10.1. The molecule has 0 saturated carbocycles. The first-order valence-electron chi connectivity index (χ1n) is 9.31. The Kier molecular flexibility index (Phi) is 6.28. The minimum Gasteiger partial charge on any atom is -0.338 e. The summed E-state index contributed by atoms with van der Waals surface area (Å²) in [6.07, 6.45) is 0.496. The van der Waals surface area contributed by atoms with Crippen LogP contribution in [0.15, 0.2) is 29.1 Å². The van der Waals surface area contributed by atoms with E-state index in [1.165, 1.54) is 11.3 Å². The molecular formula is C20H23N5O3S. The first kappa shape index (κ1) is 20.5. The van der Waals surface area contributed by atoms with E-state index in [0.717, 1.165) is 10.4 Å². The van der Waals surface area contributed by atoms with E-state index in [0.29, 0.717) is 40.4 Å². The van der Waals surface area contributed by atoms with Crippen molar-refractivity contribution in [2.24, 2.45) is 0 Å². The third kappa shape index (κ3) is 5.00. The van der Waals surface area contributed by atoms with Crippen molar-refractivity contribution in [3.63, 3.8) is 0 Å². The molecule has 0 aliphatic rings. The summed E-state index contributed by atoms with van der Waals surface area (Å²) in [5, 5.41) is 8.75. The summed E-state index contributed by atoms with van der Waals surface area (Å²) in [5.74, 6) is 0.284. The zero-order valence-corrected chi connectivity index (χ0v) is 17.3. The minimum atomic E-state index is -0.305. The number of aryl methyl sites for hydroxylation is 3. The number of nitrogens with zero attached hydrogens (tertiary/aromatic N) is 1. The van der Waals surface area contributed by atoms with Gasteiger partial charge in [0.15, 0.2) is 0 Å². The highest BCUT2D eigenvalue weighted by Crippen LogP contribution is 2.25. The minimum absolute atomic E-state index is 0.170. The van der Waals surface area contributed by atoms with Gasteiger partial charge < -0.3 is 20.9 Å². The van der Waals surface area contributed by atoms with Crippen molar-refractivity contribution >= 4 is 44.9 Å². The number of nitrogens with one attached hydrogen (secondary N) is 4. The van der Waals surface area contributed by atoms with Gasteiger partial charge in [-0.2, -0.15) is 0 Å². The number of hydrogen-bond acceptors (Lipinski definition) is 5. The average Bonchev–Trinajstić information content (AvgIpc) is 2.95. The van der Waals surface area contributed by atoms with E-state index in [2.05, 4.69) is 25.9 Å². The number of aromatic amines is 1. The van der Waals surface area contributed by atoms with Crippen molar-refractivity contribution < 1.29 is 9.59 Å². The molecule has 4 N–H and O–H groups in total. The maximum atomic E-state index is 12.3. The third-order valence-corrected chi connectivity index (χ3v) is 5.52. The molecule has 2 heterocycles. The zero-order valence-electron chi connectivity index (χ0n) is 16.5. The number of amides is 3. The average molecular weight is 414 g/mol. The molecule has 152 valence electrons. The van der Waals surface area contributed by atoms with Gasteiger partial charge >= 0.3 is 6.03 Å². The fourth-order valence-corrected chi connectivity index (χ4v) is 3.93. The van der Waals surface area contributed by atoms with Crippen LogP contribution in [0, 0.1) is 13.8 Å². The predicted octanol–water partition coefficient (Wildman–Crippen LogP) is 3.31. The van der Waals surface area contributed by atoms with E-state index >= 15 is 0 Å². The number of aromatic nitrogens is 2. The van der Waals surface area contributed by atoms with Crippen LogP contribution in [-0.2, 0) is 11.2 Å². The summed E-state index contributed by atoms with van der Waals surface area (Å²) in [5.41, 5.74) is 1.93. The molecule has 8 nitrogen and oxygen atoms in total. The molecule has 0 fully saturated rings. The molecule has 0 atom stereocenters. The van der Waals surface area contributed by atoms with Crippen molar-refractivity contribution in [2.45, 2.75) is 33.6 Å². The van der Waals surface area contributed by atoms with E-state index in [-0.39, 0.29) is 23.9 Å². The number of benzene rings is 1. The Bertz CT molecular complexity index is 1120. The number of anilines is 2. The standard InChI is InChI=1S/C20H23N5O3S/c1-4-21-20(28)23-14-7-5-6-13(10-14)22-16(26)9-8-15-24-18(27)17-11(2)12(3)29-19(17)25-15/h5-7,10H,4,8-9H2,1-3H3,(H,22,26)(H2,21,23,28)(H,24,25,27). The van der Waals surface area contributed by atoms with Gasteiger partial charge in [-0.3, -0.25) is 9.59 Å². The normalized spacial score (nSPS) is 10.7. The van der Waals surface area contributed by atoms with Crippen LogP contribution in [0.25, 0.3) is 10.2 Å². The molecule has 0 radical (unpaired) electrons. The van der Waals surface area contributed by atoms with Crippen LogP contribution in [0.1, 0.15) is 29.6 Å². The van der Waals surface area contributed by atoms with Gasteiger partial charge in [0, 0.05) is 35.6 Å². The van der Waals surface area contributed by atoms with Crippen LogP contribution in [0.4, 0.5) is 16.2 Å². The first-order chi connectivity index (χ1) is 13.9. The van der Waals surface area contributed by atoms with Crippen molar-refractivity contribution in [2.75, 3.05) is 17.2 Å². The largest absolute Gasteiger partial charge is 0.338 e. The van der Waals surface area contributed by atoms with Gasteiger partial charge in [0.25, 0.3) is 5.56 Å².